The highest BCUT2D eigenvalue weighted by molar-refractivity contribution is 6.11. The molecule has 7 heteroatoms. The first-order chi connectivity index (χ1) is 12.0. The molecule has 25 heavy (non-hydrogen) atoms. The maximum absolute atomic E-state index is 13.2. The van der Waals surface area contributed by atoms with Gasteiger partial charge >= 0.3 is 5.97 Å². The highest BCUT2D eigenvalue weighted by Gasteiger charge is 2.21. The molecule has 1 aliphatic rings. The summed E-state index contributed by atoms with van der Waals surface area (Å²) in [5.41, 5.74) is 1.05. The normalized spacial score (nSPS) is 15.5. The molecule has 0 amide bonds. The SMILES string of the molecule is O=C1OC(/C=C/c2cccc([N+](=O)[O-])c2)=NC/1=C\c1cccc(F)c1. The molecule has 0 saturated carbocycles. The van der Waals surface area contributed by atoms with Crippen LogP contribution in [0, 0.1) is 15.9 Å². The average molecular weight is 338 g/mol. The Kier molecular flexibility index (Phi) is 4.47. The number of cyclic esters (lactones) is 1. The van der Waals surface area contributed by atoms with E-state index >= 15 is 0 Å². The number of esters is 1. The van der Waals surface area contributed by atoms with Gasteiger partial charge in [-0.2, -0.15) is 0 Å². The predicted octanol–water partition coefficient (Wildman–Crippen LogP) is 3.74. The third kappa shape index (κ3) is 4.03. The Morgan fingerprint density at radius 3 is 2.60 bits per heavy atom. The topological polar surface area (TPSA) is 81.8 Å². The zero-order valence-electron chi connectivity index (χ0n) is 12.8. The first-order valence-electron chi connectivity index (χ1n) is 7.22. The number of nitro benzene ring substituents is 1. The Bertz CT molecular complexity index is 948. The lowest BCUT2D eigenvalue weighted by atomic mass is 10.2. The number of carbonyl (C=O) groups is 1. The van der Waals surface area contributed by atoms with Crippen LogP contribution in [0.1, 0.15) is 11.1 Å². The Balaban J connectivity index is 1.81. The van der Waals surface area contributed by atoms with E-state index in [2.05, 4.69) is 4.99 Å². The Morgan fingerprint density at radius 2 is 1.84 bits per heavy atom. The zero-order valence-corrected chi connectivity index (χ0v) is 12.8. The van der Waals surface area contributed by atoms with Crippen LogP contribution in [0.3, 0.4) is 0 Å². The molecule has 0 bridgehead atoms. The minimum Gasteiger partial charge on any atom is -0.403 e. The van der Waals surface area contributed by atoms with Crippen LogP contribution in [-0.4, -0.2) is 16.8 Å². The molecule has 0 N–H and O–H groups in total. The summed E-state index contributed by atoms with van der Waals surface area (Å²) in [7, 11) is 0. The summed E-state index contributed by atoms with van der Waals surface area (Å²) in [6, 6.07) is 11.7. The lowest BCUT2D eigenvalue weighted by Crippen LogP contribution is -2.01. The molecule has 0 spiro atoms. The number of nitrogens with zero attached hydrogens (tertiary/aromatic N) is 2. The van der Waals surface area contributed by atoms with Crippen molar-refractivity contribution in [1.82, 2.24) is 0 Å². The fourth-order valence-electron chi connectivity index (χ4n) is 2.16. The van der Waals surface area contributed by atoms with Crippen LogP contribution < -0.4 is 0 Å². The number of benzene rings is 2. The lowest BCUT2D eigenvalue weighted by Gasteiger charge is -1.94. The quantitative estimate of drug-likeness (QED) is 0.368. The van der Waals surface area contributed by atoms with Crippen molar-refractivity contribution in [2.45, 2.75) is 0 Å². The lowest BCUT2D eigenvalue weighted by molar-refractivity contribution is -0.384. The second-order valence-corrected chi connectivity index (χ2v) is 5.11. The Labute approximate surface area is 141 Å². The smallest absolute Gasteiger partial charge is 0.363 e. The van der Waals surface area contributed by atoms with Gasteiger partial charge in [-0.05, 0) is 35.4 Å². The van der Waals surface area contributed by atoms with Gasteiger partial charge in [0.1, 0.15) is 5.82 Å². The van der Waals surface area contributed by atoms with Gasteiger partial charge in [-0.15, -0.1) is 0 Å². The standard InChI is InChI=1S/C18H11FN2O4/c19-14-5-1-4-13(9-14)11-16-18(22)25-17(20-16)8-7-12-3-2-6-15(10-12)21(23)24/h1-11H/b8-7+,16-11-. The van der Waals surface area contributed by atoms with Gasteiger partial charge in [0.2, 0.25) is 5.90 Å². The number of halogens is 1. The number of ether oxygens (including phenoxy) is 1. The second-order valence-electron chi connectivity index (χ2n) is 5.11. The predicted molar refractivity (Wildman–Crippen MR) is 90.0 cm³/mol. The van der Waals surface area contributed by atoms with Crippen LogP contribution in [0.15, 0.2) is 65.3 Å². The van der Waals surface area contributed by atoms with E-state index in [1.165, 1.54) is 42.5 Å². The summed E-state index contributed by atoms with van der Waals surface area (Å²) in [6.45, 7) is 0. The Hall–Kier alpha value is -3.61. The monoisotopic (exact) mass is 338 g/mol. The molecule has 0 aromatic heterocycles. The van der Waals surface area contributed by atoms with E-state index in [9.17, 15) is 19.3 Å². The van der Waals surface area contributed by atoms with E-state index in [-0.39, 0.29) is 17.3 Å². The molecular weight excluding hydrogens is 327 g/mol. The van der Waals surface area contributed by atoms with Crippen LogP contribution in [-0.2, 0) is 9.53 Å². The van der Waals surface area contributed by atoms with Gasteiger partial charge in [0.05, 0.1) is 4.92 Å². The summed E-state index contributed by atoms with van der Waals surface area (Å²) in [5, 5.41) is 10.8. The van der Waals surface area contributed by atoms with E-state index in [0.29, 0.717) is 11.1 Å². The van der Waals surface area contributed by atoms with Crippen molar-refractivity contribution in [2.75, 3.05) is 0 Å². The molecule has 6 nitrogen and oxygen atoms in total. The van der Waals surface area contributed by atoms with Gasteiger partial charge in [-0.25, -0.2) is 14.2 Å². The highest BCUT2D eigenvalue weighted by atomic mass is 19.1. The molecule has 0 fully saturated rings. The van der Waals surface area contributed by atoms with E-state index in [1.54, 1.807) is 24.3 Å². The first-order valence-corrected chi connectivity index (χ1v) is 7.22. The average Bonchev–Trinajstić information content (AvgIpc) is 2.93. The maximum atomic E-state index is 13.2. The molecule has 1 heterocycles. The van der Waals surface area contributed by atoms with E-state index in [1.807, 2.05) is 0 Å². The van der Waals surface area contributed by atoms with E-state index in [0.717, 1.165) is 0 Å². The van der Waals surface area contributed by atoms with E-state index < -0.39 is 16.7 Å². The molecule has 2 aromatic carbocycles. The number of carbonyl (C=O) groups excluding carboxylic acids is 1. The van der Waals surface area contributed by atoms with Crippen molar-refractivity contribution in [2.24, 2.45) is 4.99 Å². The number of hydrogen-bond donors (Lipinski definition) is 0. The van der Waals surface area contributed by atoms with E-state index in [4.69, 9.17) is 4.74 Å². The third-order valence-corrected chi connectivity index (χ3v) is 3.29. The molecular formula is C18H11FN2O4. The number of aliphatic imine (C=N–C) groups is 1. The summed E-state index contributed by atoms with van der Waals surface area (Å²) in [6.07, 6.45) is 4.40. The molecule has 1 aliphatic heterocycles. The molecule has 124 valence electrons. The number of nitro groups is 1. The number of rotatable bonds is 4. The van der Waals surface area contributed by atoms with Crippen molar-refractivity contribution in [1.29, 1.82) is 0 Å². The van der Waals surface area contributed by atoms with Crippen LogP contribution in [0.25, 0.3) is 12.2 Å². The van der Waals surface area contributed by atoms with Crippen LogP contribution in [0.4, 0.5) is 10.1 Å². The van der Waals surface area contributed by atoms with Crippen LogP contribution in [0.5, 0.6) is 0 Å². The van der Waals surface area contributed by atoms with Crippen LogP contribution in [0.2, 0.25) is 0 Å². The second kappa shape index (κ2) is 6.88. The molecule has 0 radical (unpaired) electrons. The first kappa shape index (κ1) is 16.3. The number of hydrogen-bond acceptors (Lipinski definition) is 5. The van der Waals surface area contributed by atoms with Crippen molar-refractivity contribution < 1.29 is 18.8 Å². The molecule has 2 aromatic rings. The largest absolute Gasteiger partial charge is 0.403 e. The van der Waals surface area contributed by atoms with Crippen molar-refractivity contribution in [3.05, 3.63) is 87.4 Å². The minimum atomic E-state index is -0.650. The third-order valence-electron chi connectivity index (χ3n) is 3.29. The van der Waals surface area contributed by atoms with Gasteiger partial charge in [0, 0.05) is 18.2 Å². The molecule has 0 aliphatic carbocycles. The number of non-ortho nitro benzene ring substituents is 1. The molecule has 0 atom stereocenters. The molecule has 0 saturated heterocycles. The van der Waals surface area contributed by atoms with Crippen molar-refractivity contribution in [3.63, 3.8) is 0 Å². The maximum Gasteiger partial charge on any atom is 0.363 e. The van der Waals surface area contributed by atoms with Gasteiger partial charge < -0.3 is 4.74 Å². The summed E-state index contributed by atoms with van der Waals surface area (Å²) < 4.78 is 18.2. The van der Waals surface area contributed by atoms with Crippen LogP contribution >= 0.6 is 0 Å². The highest BCUT2D eigenvalue weighted by Crippen LogP contribution is 2.18. The molecule has 0 unspecified atom stereocenters. The zero-order chi connectivity index (χ0) is 17.8. The fraction of sp³-hybridized carbons (Fsp3) is 0. The summed E-state index contributed by atoms with van der Waals surface area (Å²) in [5.74, 6) is -1.02. The van der Waals surface area contributed by atoms with Gasteiger partial charge in [-0.1, -0.05) is 24.3 Å². The summed E-state index contributed by atoms with van der Waals surface area (Å²) in [4.78, 5) is 26.1. The fourth-order valence-corrected chi connectivity index (χ4v) is 2.16. The Morgan fingerprint density at radius 1 is 1.08 bits per heavy atom. The van der Waals surface area contributed by atoms with Gasteiger partial charge in [0.25, 0.3) is 5.69 Å². The van der Waals surface area contributed by atoms with Crippen molar-refractivity contribution in [3.8, 4) is 0 Å². The molecule has 3 rings (SSSR count). The van der Waals surface area contributed by atoms with Crippen molar-refractivity contribution >= 4 is 29.7 Å². The minimum absolute atomic E-state index is 0.0424. The summed E-state index contributed by atoms with van der Waals surface area (Å²) >= 11 is 0. The van der Waals surface area contributed by atoms with Gasteiger partial charge in [0.15, 0.2) is 5.70 Å². The van der Waals surface area contributed by atoms with Gasteiger partial charge in [-0.3, -0.25) is 10.1 Å².